The summed E-state index contributed by atoms with van der Waals surface area (Å²) in [4.78, 5) is 39.3. The third-order valence-electron chi connectivity index (χ3n) is 7.78. The fourth-order valence-corrected chi connectivity index (χ4v) is 5.63. The number of amides is 2. The summed E-state index contributed by atoms with van der Waals surface area (Å²) in [6.07, 6.45) is 4.36. The van der Waals surface area contributed by atoms with Crippen molar-refractivity contribution in [3.8, 4) is 12.1 Å². The van der Waals surface area contributed by atoms with Gasteiger partial charge in [0.05, 0.1) is 11.3 Å². The number of carbonyl (C=O) groups excluding carboxylic acids is 2. The highest BCUT2D eigenvalue weighted by Crippen LogP contribution is 2.42. The Labute approximate surface area is 221 Å². The number of rotatable bonds is 8. The molecule has 0 bridgehead atoms. The van der Waals surface area contributed by atoms with Gasteiger partial charge in [-0.2, -0.15) is 15.2 Å². The summed E-state index contributed by atoms with van der Waals surface area (Å²) >= 11 is 0. The van der Waals surface area contributed by atoms with Gasteiger partial charge in [-0.3, -0.25) is 9.59 Å². The number of primary amides is 1. The lowest BCUT2D eigenvalue weighted by molar-refractivity contribution is -0.136. The van der Waals surface area contributed by atoms with Crippen LogP contribution in [0.1, 0.15) is 35.2 Å². The van der Waals surface area contributed by atoms with Crippen LogP contribution >= 0.6 is 0 Å². The lowest BCUT2D eigenvalue weighted by Gasteiger charge is -2.47. The van der Waals surface area contributed by atoms with E-state index in [4.69, 9.17) is 10.5 Å². The predicted octanol–water partition coefficient (Wildman–Crippen LogP) is 1.89. The number of para-hydroxylation sites is 1. The van der Waals surface area contributed by atoms with Gasteiger partial charge in [-0.05, 0) is 51.1 Å². The molecule has 11 heteroatoms. The number of nitrogens with zero attached hydrogens (tertiary/aromatic N) is 6. The van der Waals surface area contributed by atoms with Crippen molar-refractivity contribution in [2.75, 3.05) is 56.6 Å². The lowest BCUT2D eigenvalue weighted by atomic mass is 9.79. The summed E-state index contributed by atoms with van der Waals surface area (Å²) in [5, 5.41) is 13.3. The maximum atomic E-state index is 12.0. The molecule has 1 atom stereocenters. The zero-order valence-electron chi connectivity index (χ0n) is 21.5. The number of benzene rings is 1. The largest absolute Gasteiger partial charge is 0.462 e. The first kappa shape index (κ1) is 25.5. The van der Waals surface area contributed by atoms with Crippen molar-refractivity contribution in [1.82, 2.24) is 19.8 Å². The third kappa shape index (κ3) is 4.87. The van der Waals surface area contributed by atoms with Crippen LogP contribution < -0.4 is 20.7 Å². The van der Waals surface area contributed by atoms with E-state index in [2.05, 4.69) is 44.8 Å². The van der Waals surface area contributed by atoms with Crippen molar-refractivity contribution in [2.24, 2.45) is 11.1 Å². The maximum Gasteiger partial charge on any atom is 0.320 e. The molecule has 3 saturated heterocycles. The molecule has 198 valence electrons. The number of ether oxygens (including phenoxy) is 1. The lowest BCUT2D eigenvalue weighted by Crippen LogP contribution is -2.59. The van der Waals surface area contributed by atoms with Crippen molar-refractivity contribution in [2.45, 2.75) is 25.3 Å². The summed E-state index contributed by atoms with van der Waals surface area (Å²) in [5.41, 5.74) is 6.51. The summed E-state index contributed by atoms with van der Waals surface area (Å²) in [7, 11) is 2.07. The van der Waals surface area contributed by atoms with E-state index in [1.165, 1.54) is 6.08 Å². The number of carbonyl (C=O) groups is 2. The first-order valence-corrected chi connectivity index (χ1v) is 12.8. The van der Waals surface area contributed by atoms with Crippen molar-refractivity contribution >= 4 is 29.1 Å². The number of hydrogen-bond acceptors (Lipinski definition) is 9. The summed E-state index contributed by atoms with van der Waals surface area (Å²) in [6.45, 7) is 7.67. The Morgan fingerprint density at radius 2 is 2.08 bits per heavy atom. The molecule has 4 heterocycles. The van der Waals surface area contributed by atoms with Gasteiger partial charge in [0.1, 0.15) is 18.2 Å². The van der Waals surface area contributed by atoms with Gasteiger partial charge in [0.15, 0.2) is 11.6 Å². The van der Waals surface area contributed by atoms with Gasteiger partial charge in [0.25, 0.3) is 5.91 Å². The molecule has 1 aromatic heterocycles. The minimum Gasteiger partial charge on any atom is -0.462 e. The molecule has 1 aromatic carbocycles. The Morgan fingerprint density at radius 1 is 1.29 bits per heavy atom. The van der Waals surface area contributed by atoms with Gasteiger partial charge in [0, 0.05) is 37.6 Å². The second-order valence-corrected chi connectivity index (χ2v) is 10.4. The quantitative estimate of drug-likeness (QED) is 0.503. The van der Waals surface area contributed by atoms with Gasteiger partial charge in [-0.1, -0.05) is 18.7 Å². The molecule has 5 rings (SSSR count). The topological polar surface area (TPSA) is 141 Å². The molecular weight excluding hydrogens is 484 g/mol. The monoisotopic (exact) mass is 516 g/mol. The average molecular weight is 517 g/mol. The summed E-state index contributed by atoms with van der Waals surface area (Å²) in [5.74, 6) is 0.0634. The molecule has 0 saturated carbocycles. The average Bonchev–Trinajstić information content (AvgIpc) is 3.52. The zero-order valence-corrected chi connectivity index (χ0v) is 21.5. The normalized spacial score (nSPS) is 20.2. The second kappa shape index (κ2) is 10.3. The van der Waals surface area contributed by atoms with Crippen molar-refractivity contribution in [3.63, 3.8) is 0 Å². The minimum absolute atomic E-state index is 0.0455. The van der Waals surface area contributed by atoms with Crippen LogP contribution in [0.3, 0.4) is 0 Å². The smallest absolute Gasteiger partial charge is 0.320 e. The molecule has 0 aliphatic carbocycles. The second-order valence-electron chi connectivity index (χ2n) is 10.4. The van der Waals surface area contributed by atoms with E-state index in [1.54, 1.807) is 29.2 Å². The Kier molecular flexibility index (Phi) is 6.91. The van der Waals surface area contributed by atoms with E-state index in [1.807, 2.05) is 0 Å². The van der Waals surface area contributed by atoms with Crippen LogP contribution in [-0.4, -0.2) is 84.0 Å². The van der Waals surface area contributed by atoms with Gasteiger partial charge < -0.3 is 30.5 Å². The van der Waals surface area contributed by atoms with Crippen molar-refractivity contribution in [1.29, 1.82) is 5.26 Å². The molecule has 3 fully saturated rings. The fraction of sp³-hybridized carbons (Fsp3) is 0.444. The molecule has 3 aliphatic rings. The molecule has 3 N–H and O–H groups in total. The van der Waals surface area contributed by atoms with Gasteiger partial charge >= 0.3 is 6.01 Å². The SMILES string of the molecule is C=CC(=O)N1CC2(CCN(c3nc(OCC4CCCN4C)nc(Nc4ccccc4C(N)=O)c3C#N)C2)C1. The highest BCUT2D eigenvalue weighted by Gasteiger charge is 2.49. The van der Waals surface area contributed by atoms with Crippen LogP contribution in [0, 0.1) is 16.7 Å². The van der Waals surface area contributed by atoms with Crippen LogP contribution in [0.4, 0.5) is 17.3 Å². The molecule has 0 radical (unpaired) electrons. The third-order valence-corrected chi connectivity index (χ3v) is 7.78. The summed E-state index contributed by atoms with van der Waals surface area (Å²) in [6, 6.07) is 9.50. The van der Waals surface area contributed by atoms with E-state index in [-0.39, 0.29) is 40.3 Å². The van der Waals surface area contributed by atoms with E-state index < -0.39 is 5.91 Å². The molecule has 2 aromatic rings. The first-order chi connectivity index (χ1) is 18.3. The fourth-order valence-electron chi connectivity index (χ4n) is 5.63. The van der Waals surface area contributed by atoms with Crippen LogP contribution in [-0.2, 0) is 4.79 Å². The van der Waals surface area contributed by atoms with E-state index in [0.717, 1.165) is 25.8 Å². The van der Waals surface area contributed by atoms with Crippen LogP contribution in [0.15, 0.2) is 36.9 Å². The predicted molar refractivity (Wildman–Crippen MR) is 142 cm³/mol. The Balaban J connectivity index is 1.46. The van der Waals surface area contributed by atoms with Crippen molar-refractivity contribution < 1.29 is 14.3 Å². The minimum atomic E-state index is -0.591. The Bertz CT molecular complexity index is 1300. The Hall–Kier alpha value is -4.17. The maximum absolute atomic E-state index is 12.0. The van der Waals surface area contributed by atoms with Gasteiger partial charge in [0.2, 0.25) is 5.91 Å². The van der Waals surface area contributed by atoms with Crippen LogP contribution in [0.25, 0.3) is 0 Å². The number of aromatic nitrogens is 2. The number of likely N-dealkylation sites (N-methyl/N-ethyl adjacent to an activating group) is 1. The van der Waals surface area contributed by atoms with E-state index in [0.29, 0.717) is 44.3 Å². The highest BCUT2D eigenvalue weighted by molar-refractivity contribution is 5.99. The highest BCUT2D eigenvalue weighted by atomic mass is 16.5. The molecule has 1 unspecified atom stereocenters. The van der Waals surface area contributed by atoms with Crippen LogP contribution in [0.5, 0.6) is 6.01 Å². The molecule has 3 aliphatic heterocycles. The van der Waals surface area contributed by atoms with Gasteiger partial charge in [-0.25, -0.2) is 0 Å². The number of likely N-dealkylation sites (tertiary alicyclic amines) is 2. The van der Waals surface area contributed by atoms with E-state index in [9.17, 15) is 14.9 Å². The number of hydrogen-bond donors (Lipinski definition) is 2. The standard InChI is InChI=1S/C27H32N8O3/c1-3-22(36)35-16-27(17-35)10-12-34(15-27)25-20(13-28)24(30-21-9-5-4-8-19(21)23(29)37)31-26(32-25)38-14-18-7-6-11-33(18)2/h3-5,8-9,18H,1,6-7,10-12,14-17H2,2H3,(H2,29,37)(H,30,31,32). The zero-order chi connectivity index (χ0) is 26.9. The number of nitrogens with two attached hydrogens (primary N) is 1. The molecule has 11 nitrogen and oxygen atoms in total. The number of anilines is 3. The van der Waals surface area contributed by atoms with Crippen molar-refractivity contribution in [3.05, 3.63) is 48.0 Å². The summed E-state index contributed by atoms with van der Waals surface area (Å²) < 4.78 is 6.08. The first-order valence-electron chi connectivity index (χ1n) is 12.8. The van der Waals surface area contributed by atoms with Crippen LogP contribution in [0.2, 0.25) is 0 Å². The van der Waals surface area contributed by atoms with E-state index >= 15 is 0 Å². The molecule has 1 spiro atoms. The Morgan fingerprint density at radius 3 is 2.76 bits per heavy atom. The van der Waals surface area contributed by atoms with Gasteiger partial charge in [-0.15, -0.1) is 0 Å². The molecule has 38 heavy (non-hydrogen) atoms. The number of nitrogens with one attached hydrogen (secondary N) is 1. The molecule has 2 amide bonds. The molecular formula is C27H32N8O3. The number of nitriles is 1.